The van der Waals surface area contributed by atoms with Gasteiger partial charge in [-0.3, -0.25) is 0 Å². The van der Waals surface area contributed by atoms with Gasteiger partial charge in [-0.15, -0.1) is 0 Å². The Morgan fingerprint density at radius 3 is 2.14 bits per heavy atom. The van der Waals surface area contributed by atoms with Crippen molar-refractivity contribution < 1.29 is 13.6 Å². The van der Waals surface area contributed by atoms with Crippen LogP contribution in [0.5, 0.6) is 0 Å². The fourth-order valence-electron chi connectivity index (χ4n) is 2.47. The molecule has 4 nitrogen and oxygen atoms in total. The molecule has 0 saturated carbocycles. The molecule has 0 fully saturated rings. The normalized spacial score (nSPS) is 17.5. The molecule has 1 heterocycles. The maximum absolute atomic E-state index is 13.0. The lowest BCUT2D eigenvalue weighted by atomic mass is 9.98. The van der Waals surface area contributed by atoms with E-state index in [1.807, 2.05) is 0 Å². The average Bonchev–Trinajstić information content (AvgIpc) is 2.94. The number of nitrogens with zero attached hydrogens (tertiary/aromatic N) is 2. The Labute approximate surface area is 125 Å². The van der Waals surface area contributed by atoms with Crippen LogP contribution in [0, 0.1) is 11.6 Å². The first-order chi connectivity index (χ1) is 10.5. The van der Waals surface area contributed by atoms with Gasteiger partial charge in [0.1, 0.15) is 11.6 Å². The van der Waals surface area contributed by atoms with Crippen LogP contribution >= 0.6 is 0 Å². The molecular weight excluding hydrogens is 288 g/mol. The van der Waals surface area contributed by atoms with Crippen LogP contribution in [-0.4, -0.2) is 16.8 Å². The first kappa shape index (κ1) is 14.2. The molecule has 3 rings (SSSR count). The van der Waals surface area contributed by atoms with E-state index >= 15 is 0 Å². The lowest BCUT2D eigenvalue weighted by Crippen LogP contribution is -2.31. The van der Waals surface area contributed by atoms with Gasteiger partial charge in [-0.2, -0.15) is 5.10 Å². The Morgan fingerprint density at radius 2 is 1.59 bits per heavy atom. The van der Waals surface area contributed by atoms with E-state index in [9.17, 15) is 13.6 Å². The summed E-state index contributed by atoms with van der Waals surface area (Å²) in [7, 11) is 0. The number of amides is 2. The number of hydrazone groups is 1. The number of nitrogens with two attached hydrogens (primary N) is 1. The van der Waals surface area contributed by atoms with E-state index in [-0.39, 0.29) is 11.6 Å². The van der Waals surface area contributed by atoms with E-state index in [1.54, 1.807) is 24.3 Å². The van der Waals surface area contributed by atoms with Gasteiger partial charge < -0.3 is 5.73 Å². The summed E-state index contributed by atoms with van der Waals surface area (Å²) in [6.45, 7) is 0. The van der Waals surface area contributed by atoms with Gasteiger partial charge >= 0.3 is 6.03 Å². The highest BCUT2D eigenvalue weighted by Gasteiger charge is 2.31. The minimum absolute atomic E-state index is 0.343. The van der Waals surface area contributed by atoms with Gasteiger partial charge in [0, 0.05) is 6.42 Å². The van der Waals surface area contributed by atoms with Crippen molar-refractivity contribution >= 4 is 11.7 Å². The highest BCUT2D eigenvalue weighted by Crippen LogP contribution is 2.32. The monoisotopic (exact) mass is 301 g/mol. The second-order valence-electron chi connectivity index (χ2n) is 5.01. The topological polar surface area (TPSA) is 58.7 Å². The molecule has 0 saturated heterocycles. The summed E-state index contributed by atoms with van der Waals surface area (Å²) >= 11 is 0. The number of carbonyl (C=O) groups excluding carboxylic acids is 1. The van der Waals surface area contributed by atoms with Crippen molar-refractivity contribution in [3.63, 3.8) is 0 Å². The number of urea groups is 1. The number of hydrogen-bond acceptors (Lipinski definition) is 2. The zero-order chi connectivity index (χ0) is 15.7. The summed E-state index contributed by atoms with van der Waals surface area (Å²) in [5, 5.41) is 5.40. The lowest BCUT2D eigenvalue weighted by molar-refractivity contribution is 0.196. The quantitative estimate of drug-likeness (QED) is 0.910. The number of hydrogen-bond donors (Lipinski definition) is 1. The van der Waals surface area contributed by atoms with Crippen LogP contribution in [-0.2, 0) is 0 Å². The Hall–Kier alpha value is -2.76. The van der Waals surface area contributed by atoms with Crippen molar-refractivity contribution in [3.05, 3.63) is 71.3 Å². The number of halogens is 2. The predicted molar refractivity (Wildman–Crippen MR) is 78.1 cm³/mol. The van der Waals surface area contributed by atoms with Gasteiger partial charge in [-0.25, -0.2) is 18.6 Å². The van der Waals surface area contributed by atoms with Crippen molar-refractivity contribution in [2.75, 3.05) is 0 Å². The minimum atomic E-state index is -0.688. The third kappa shape index (κ3) is 2.67. The molecule has 0 aromatic heterocycles. The third-order valence-electron chi connectivity index (χ3n) is 3.57. The zero-order valence-corrected chi connectivity index (χ0v) is 11.5. The Kier molecular flexibility index (Phi) is 3.58. The number of carbonyl (C=O) groups is 1. The first-order valence-electron chi connectivity index (χ1n) is 6.72. The first-order valence-corrected chi connectivity index (χ1v) is 6.72. The van der Waals surface area contributed by atoms with E-state index in [4.69, 9.17) is 5.73 Å². The Balaban J connectivity index is 1.92. The summed E-state index contributed by atoms with van der Waals surface area (Å²) < 4.78 is 26.0. The summed E-state index contributed by atoms with van der Waals surface area (Å²) in [6, 6.07) is 10.6. The van der Waals surface area contributed by atoms with E-state index in [0.29, 0.717) is 12.1 Å². The van der Waals surface area contributed by atoms with E-state index in [2.05, 4.69) is 5.10 Å². The van der Waals surface area contributed by atoms with E-state index in [1.165, 1.54) is 29.3 Å². The molecule has 0 bridgehead atoms. The Bertz CT molecular complexity index is 726. The van der Waals surface area contributed by atoms with Crippen LogP contribution in [0.25, 0.3) is 0 Å². The number of primary amides is 1. The van der Waals surface area contributed by atoms with Crippen LogP contribution in [0.4, 0.5) is 13.6 Å². The summed E-state index contributed by atoms with van der Waals surface area (Å²) in [4.78, 5) is 11.6. The predicted octanol–water partition coefficient (Wildman–Crippen LogP) is 3.19. The number of benzene rings is 2. The van der Waals surface area contributed by atoms with Crippen LogP contribution in [0.3, 0.4) is 0 Å². The molecule has 2 N–H and O–H groups in total. The molecular formula is C16H13F2N3O. The highest BCUT2D eigenvalue weighted by molar-refractivity contribution is 6.03. The molecule has 6 heteroatoms. The van der Waals surface area contributed by atoms with Crippen LogP contribution in [0.15, 0.2) is 53.6 Å². The van der Waals surface area contributed by atoms with Gasteiger partial charge in [-0.1, -0.05) is 24.3 Å². The molecule has 0 aliphatic carbocycles. The molecule has 2 aromatic carbocycles. The van der Waals surface area contributed by atoms with E-state index in [0.717, 1.165) is 11.1 Å². The molecule has 0 spiro atoms. The summed E-state index contributed by atoms with van der Waals surface area (Å²) in [5.41, 5.74) is 7.45. The SMILES string of the molecule is NC(=O)N1N=C(c2ccc(F)cc2)CC1c1ccc(F)cc1. The second kappa shape index (κ2) is 5.55. The van der Waals surface area contributed by atoms with Crippen molar-refractivity contribution in [1.82, 2.24) is 5.01 Å². The molecule has 22 heavy (non-hydrogen) atoms. The Morgan fingerprint density at radius 1 is 1.05 bits per heavy atom. The summed E-state index contributed by atoms with van der Waals surface area (Å²) in [5.74, 6) is -0.698. The molecule has 2 aromatic rings. The van der Waals surface area contributed by atoms with Crippen LogP contribution in [0.1, 0.15) is 23.6 Å². The van der Waals surface area contributed by atoms with E-state index < -0.39 is 12.1 Å². The fourth-order valence-corrected chi connectivity index (χ4v) is 2.47. The van der Waals surface area contributed by atoms with Gasteiger partial charge in [0.2, 0.25) is 0 Å². The lowest BCUT2D eigenvalue weighted by Gasteiger charge is -2.19. The molecule has 0 radical (unpaired) electrons. The molecule has 2 amide bonds. The van der Waals surface area contributed by atoms with Gasteiger partial charge in [0.15, 0.2) is 0 Å². The largest absolute Gasteiger partial charge is 0.350 e. The van der Waals surface area contributed by atoms with Crippen LogP contribution in [0.2, 0.25) is 0 Å². The smallest absolute Gasteiger partial charge is 0.335 e. The summed E-state index contributed by atoms with van der Waals surface area (Å²) in [6.07, 6.45) is 0.431. The zero-order valence-electron chi connectivity index (χ0n) is 11.5. The molecule has 1 atom stereocenters. The van der Waals surface area contributed by atoms with Crippen molar-refractivity contribution in [2.45, 2.75) is 12.5 Å². The van der Waals surface area contributed by atoms with Crippen molar-refractivity contribution in [2.24, 2.45) is 10.8 Å². The van der Waals surface area contributed by atoms with Crippen LogP contribution < -0.4 is 5.73 Å². The maximum atomic E-state index is 13.0. The molecule has 1 aliphatic rings. The number of rotatable bonds is 2. The minimum Gasteiger partial charge on any atom is -0.350 e. The second-order valence-corrected chi connectivity index (χ2v) is 5.01. The third-order valence-corrected chi connectivity index (χ3v) is 3.57. The fraction of sp³-hybridized carbons (Fsp3) is 0.125. The van der Waals surface area contributed by atoms with Gasteiger partial charge in [0.05, 0.1) is 11.8 Å². The average molecular weight is 301 g/mol. The van der Waals surface area contributed by atoms with Gasteiger partial charge in [0.25, 0.3) is 0 Å². The molecule has 1 unspecified atom stereocenters. The molecule has 1 aliphatic heterocycles. The maximum Gasteiger partial charge on any atom is 0.335 e. The van der Waals surface area contributed by atoms with Crippen molar-refractivity contribution in [3.8, 4) is 0 Å². The van der Waals surface area contributed by atoms with Gasteiger partial charge in [-0.05, 0) is 35.4 Å². The highest BCUT2D eigenvalue weighted by atomic mass is 19.1. The molecule has 112 valence electrons. The van der Waals surface area contributed by atoms with Crippen molar-refractivity contribution in [1.29, 1.82) is 0 Å². The standard InChI is InChI=1S/C16H13F2N3O/c17-12-5-1-10(2-6-12)14-9-15(21(20-14)16(19)22)11-3-7-13(18)8-4-11/h1-8,15H,9H2,(H2,19,22).